The molecule has 0 radical (unpaired) electrons. The summed E-state index contributed by atoms with van der Waals surface area (Å²) in [5, 5.41) is 19.2. The molecule has 0 spiro atoms. The molecule has 0 aliphatic heterocycles. The number of benzene rings is 2. The van der Waals surface area contributed by atoms with E-state index in [1.165, 1.54) is 0 Å². The Morgan fingerprint density at radius 2 is 1.61 bits per heavy atom. The summed E-state index contributed by atoms with van der Waals surface area (Å²) >= 11 is 1.72. The van der Waals surface area contributed by atoms with Crippen molar-refractivity contribution in [2.45, 2.75) is 25.2 Å². The second-order valence-electron chi connectivity index (χ2n) is 5.56. The molecule has 0 aromatic heterocycles. The maximum absolute atomic E-state index is 9.87. The van der Waals surface area contributed by atoms with E-state index in [0.717, 1.165) is 16.9 Å². The van der Waals surface area contributed by atoms with Gasteiger partial charge in [-0.05, 0) is 40.6 Å². The van der Waals surface area contributed by atoms with Gasteiger partial charge in [0.2, 0.25) is 0 Å². The van der Waals surface area contributed by atoms with Crippen molar-refractivity contribution >= 4 is 11.8 Å². The van der Waals surface area contributed by atoms with Gasteiger partial charge >= 0.3 is 0 Å². The Kier molecular flexibility index (Phi) is 6.52. The third kappa shape index (κ3) is 5.63. The van der Waals surface area contributed by atoms with Crippen LogP contribution in [0.2, 0.25) is 0 Å². The van der Waals surface area contributed by atoms with Crippen LogP contribution in [0.1, 0.15) is 19.4 Å². The predicted octanol–water partition coefficient (Wildman–Crippen LogP) is 4.11. The molecule has 23 heavy (non-hydrogen) atoms. The van der Waals surface area contributed by atoms with Crippen LogP contribution in [0.5, 0.6) is 5.75 Å². The molecule has 0 fully saturated rings. The van der Waals surface area contributed by atoms with Gasteiger partial charge in [-0.1, -0.05) is 38.1 Å². The van der Waals surface area contributed by atoms with Gasteiger partial charge in [-0.25, -0.2) is 0 Å². The van der Waals surface area contributed by atoms with Crippen molar-refractivity contribution in [3.8, 4) is 22.9 Å². The van der Waals surface area contributed by atoms with Gasteiger partial charge in [0.15, 0.2) is 0 Å². The van der Waals surface area contributed by atoms with Gasteiger partial charge < -0.3 is 9.84 Å². The molecular formula is C19H21NO2S. The monoisotopic (exact) mass is 327 g/mol. The standard InChI is InChI=1S/C19H21NO2S/c1-14(2)23-13-18(21)12-22-19-9-7-17(8-10-19)16-5-3-15(11-20)4-6-16/h3-10,14,18,21H,12-13H2,1-2H3. The Morgan fingerprint density at radius 3 is 2.13 bits per heavy atom. The number of hydrogen-bond acceptors (Lipinski definition) is 4. The van der Waals surface area contributed by atoms with Crippen LogP contribution in [-0.4, -0.2) is 28.8 Å². The van der Waals surface area contributed by atoms with Crippen LogP contribution in [-0.2, 0) is 0 Å². The third-order valence-corrected chi connectivity index (χ3v) is 4.51. The van der Waals surface area contributed by atoms with Crippen LogP contribution in [0, 0.1) is 11.3 Å². The van der Waals surface area contributed by atoms with E-state index in [0.29, 0.717) is 23.2 Å². The quantitative estimate of drug-likeness (QED) is 0.831. The maximum Gasteiger partial charge on any atom is 0.119 e. The van der Waals surface area contributed by atoms with Crippen LogP contribution in [0.25, 0.3) is 11.1 Å². The summed E-state index contributed by atoms with van der Waals surface area (Å²) in [5.74, 6) is 1.43. The van der Waals surface area contributed by atoms with E-state index in [4.69, 9.17) is 10.00 Å². The lowest BCUT2D eigenvalue weighted by Gasteiger charge is -2.13. The molecule has 0 heterocycles. The molecule has 1 unspecified atom stereocenters. The number of ether oxygens (including phenoxy) is 1. The number of nitriles is 1. The molecule has 1 atom stereocenters. The highest BCUT2D eigenvalue weighted by Crippen LogP contribution is 2.23. The van der Waals surface area contributed by atoms with Crippen molar-refractivity contribution < 1.29 is 9.84 Å². The lowest BCUT2D eigenvalue weighted by Crippen LogP contribution is -2.20. The average molecular weight is 327 g/mol. The highest BCUT2D eigenvalue weighted by molar-refractivity contribution is 7.99. The summed E-state index contributed by atoms with van der Waals surface area (Å²) in [6.45, 7) is 4.52. The van der Waals surface area contributed by atoms with Crippen molar-refractivity contribution in [1.82, 2.24) is 0 Å². The van der Waals surface area contributed by atoms with Gasteiger partial charge in [-0.2, -0.15) is 17.0 Å². The summed E-state index contributed by atoms with van der Waals surface area (Å²) in [4.78, 5) is 0. The molecule has 4 heteroatoms. The van der Waals surface area contributed by atoms with E-state index in [9.17, 15) is 5.11 Å². The number of aliphatic hydroxyl groups is 1. The zero-order valence-electron chi connectivity index (χ0n) is 13.4. The second-order valence-corrected chi connectivity index (χ2v) is 7.17. The number of aliphatic hydroxyl groups excluding tert-OH is 1. The number of thioether (sulfide) groups is 1. The van der Waals surface area contributed by atoms with E-state index in [1.54, 1.807) is 11.8 Å². The lowest BCUT2D eigenvalue weighted by molar-refractivity contribution is 0.126. The Hall–Kier alpha value is -1.96. The first-order valence-electron chi connectivity index (χ1n) is 7.61. The molecule has 0 saturated heterocycles. The van der Waals surface area contributed by atoms with Gasteiger partial charge in [0.25, 0.3) is 0 Å². The average Bonchev–Trinajstić information content (AvgIpc) is 2.58. The normalized spacial score (nSPS) is 12.0. The highest BCUT2D eigenvalue weighted by Gasteiger charge is 2.07. The van der Waals surface area contributed by atoms with Crippen molar-refractivity contribution in [2.24, 2.45) is 0 Å². The topological polar surface area (TPSA) is 53.2 Å². The minimum Gasteiger partial charge on any atom is -0.491 e. The molecule has 120 valence electrons. The summed E-state index contributed by atoms with van der Waals surface area (Å²) in [7, 11) is 0. The lowest BCUT2D eigenvalue weighted by atomic mass is 10.0. The number of nitrogens with zero attached hydrogens (tertiary/aromatic N) is 1. The summed E-state index contributed by atoms with van der Waals surface area (Å²) in [6.07, 6.45) is -0.458. The zero-order chi connectivity index (χ0) is 16.7. The number of rotatable bonds is 7. The van der Waals surface area contributed by atoms with E-state index < -0.39 is 6.10 Å². The SMILES string of the molecule is CC(C)SCC(O)COc1ccc(-c2ccc(C#N)cc2)cc1. The Labute approximate surface area is 141 Å². The third-order valence-electron chi connectivity index (χ3n) is 3.27. The molecule has 0 aliphatic rings. The van der Waals surface area contributed by atoms with Crippen LogP contribution < -0.4 is 4.74 Å². The van der Waals surface area contributed by atoms with Gasteiger partial charge in [-0.15, -0.1) is 0 Å². The molecule has 0 bridgehead atoms. The molecule has 0 aliphatic carbocycles. The largest absolute Gasteiger partial charge is 0.491 e. The van der Waals surface area contributed by atoms with Crippen molar-refractivity contribution in [3.63, 3.8) is 0 Å². The zero-order valence-corrected chi connectivity index (χ0v) is 14.2. The minimum atomic E-state index is -0.458. The van der Waals surface area contributed by atoms with Gasteiger partial charge in [-0.3, -0.25) is 0 Å². The van der Waals surface area contributed by atoms with E-state index in [1.807, 2.05) is 48.5 Å². The van der Waals surface area contributed by atoms with E-state index >= 15 is 0 Å². The summed E-state index contributed by atoms with van der Waals surface area (Å²) in [5.41, 5.74) is 2.78. The van der Waals surface area contributed by atoms with Crippen molar-refractivity contribution in [2.75, 3.05) is 12.4 Å². The predicted molar refractivity (Wildman–Crippen MR) is 95.7 cm³/mol. The van der Waals surface area contributed by atoms with Crippen molar-refractivity contribution in [1.29, 1.82) is 5.26 Å². The van der Waals surface area contributed by atoms with Crippen LogP contribution >= 0.6 is 11.8 Å². The molecule has 2 rings (SSSR count). The fraction of sp³-hybridized carbons (Fsp3) is 0.316. The van der Waals surface area contributed by atoms with E-state index in [2.05, 4.69) is 19.9 Å². The Balaban J connectivity index is 1.90. The maximum atomic E-state index is 9.87. The van der Waals surface area contributed by atoms with Gasteiger partial charge in [0, 0.05) is 5.75 Å². The van der Waals surface area contributed by atoms with Gasteiger partial charge in [0.1, 0.15) is 12.4 Å². The highest BCUT2D eigenvalue weighted by atomic mass is 32.2. The summed E-state index contributed by atoms with van der Waals surface area (Å²) in [6, 6.07) is 17.3. The summed E-state index contributed by atoms with van der Waals surface area (Å²) < 4.78 is 5.62. The second kappa shape index (κ2) is 8.61. The fourth-order valence-electron chi connectivity index (χ4n) is 2.02. The van der Waals surface area contributed by atoms with Crippen LogP contribution in [0.15, 0.2) is 48.5 Å². The van der Waals surface area contributed by atoms with Crippen molar-refractivity contribution in [3.05, 3.63) is 54.1 Å². The first-order valence-corrected chi connectivity index (χ1v) is 8.66. The van der Waals surface area contributed by atoms with Crippen LogP contribution in [0.4, 0.5) is 0 Å². The Morgan fingerprint density at radius 1 is 1.04 bits per heavy atom. The smallest absolute Gasteiger partial charge is 0.119 e. The number of hydrogen-bond donors (Lipinski definition) is 1. The van der Waals surface area contributed by atoms with Gasteiger partial charge in [0.05, 0.1) is 17.7 Å². The molecule has 1 N–H and O–H groups in total. The molecule has 0 amide bonds. The van der Waals surface area contributed by atoms with E-state index in [-0.39, 0.29) is 0 Å². The molecule has 0 saturated carbocycles. The first-order chi connectivity index (χ1) is 11.1. The molecule has 2 aromatic carbocycles. The molecular weight excluding hydrogens is 306 g/mol. The molecule has 2 aromatic rings. The van der Waals surface area contributed by atoms with Crippen LogP contribution in [0.3, 0.4) is 0 Å². The minimum absolute atomic E-state index is 0.302. The Bertz CT molecular complexity index is 645. The molecule has 3 nitrogen and oxygen atoms in total. The fourth-order valence-corrected chi connectivity index (χ4v) is 2.73. The first kappa shape index (κ1) is 17.4.